The number of carboxylic acid groups (broad SMARTS) is 1. The number of carbonyl (C=O) groups is 3. The second-order valence-electron chi connectivity index (χ2n) is 7.04. The van der Waals surface area contributed by atoms with Gasteiger partial charge in [-0.25, -0.2) is 19.6 Å². The first-order valence-electron chi connectivity index (χ1n) is 9.90. The van der Waals surface area contributed by atoms with Crippen LogP contribution >= 0.6 is 34.8 Å². The van der Waals surface area contributed by atoms with Gasteiger partial charge in [-0.3, -0.25) is 9.69 Å². The number of hydrogen-bond acceptors (Lipinski definition) is 6. The highest BCUT2D eigenvalue weighted by atomic mass is 35.5. The molecule has 1 aromatic heterocycles. The minimum absolute atomic E-state index is 0.0940. The lowest BCUT2D eigenvalue weighted by atomic mass is 10.2. The van der Waals surface area contributed by atoms with E-state index in [0.717, 1.165) is 6.33 Å². The number of amides is 3. The second kappa shape index (κ2) is 10.5. The van der Waals surface area contributed by atoms with Gasteiger partial charge in [-0.05, 0) is 24.6 Å². The van der Waals surface area contributed by atoms with Crippen LogP contribution in [0.5, 0.6) is 0 Å². The van der Waals surface area contributed by atoms with Crippen LogP contribution in [-0.4, -0.2) is 75.3 Å². The number of rotatable bonds is 8. The molecule has 2 aromatic rings. The number of anilines is 2. The van der Waals surface area contributed by atoms with E-state index >= 15 is 0 Å². The molecule has 0 aliphatic carbocycles. The Kier molecular flexibility index (Phi) is 7.96. The summed E-state index contributed by atoms with van der Waals surface area (Å²) in [4.78, 5) is 48.8. The minimum atomic E-state index is -1.07. The monoisotopic (exact) mass is 515 g/mol. The highest BCUT2D eigenvalue weighted by Crippen LogP contribution is 2.34. The van der Waals surface area contributed by atoms with Gasteiger partial charge in [-0.15, -0.1) is 0 Å². The summed E-state index contributed by atoms with van der Waals surface area (Å²) in [6, 6.07) is 3.15. The molecule has 1 aliphatic heterocycles. The molecule has 13 heteroatoms. The number of urea groups is 1. The van der Waals surface area contributed by atoms with E-state index in [9.17, 15) is 24.6 Å². The SMILES string of the molecule is CCC(C(=O)O)N1CCN(c2ccc(N(CCO)C(=O)c3c(Cl)ncnc3Cl)cc2Cl)C1=O. The zero-order valence-electron chi connectivity index (χ0n) is 17.4. The van der Waals surface area contributed by atoms with Gasteiger partial charge in [0.25, 0.3) is 5.91 Å². The van der Waals surface area contributed by atoms with Gasteiger partial charge in [0.15, 0.2) is 0 Å². The summed E-state index contributed by atoms with van der Waals surface area (Å²) >= 11 is 18.5. The van der Waals surface area contributed by atoms with Crippen LogP contribution in [0.4, 0.5) is 16.2 Å². The van der Waals surface area contributed by atoms with Crippen molar-refractivity contribution in [3.8, 4) is 0 Å². The van der Waals surface area contributed by atoms with Gasteiger partial charge in [-0.1, -0.05) is 41.7 Å². The van der Waals surface area contributed by atoms with E-state index in [0.29, 0.717) is 11.4 Å². The zero-order chi connectivity index (χ0) is 24.3. The summed E-state index contributed by atoms with van der Waals surface area (Å²) in [7, 11) is 0. The standard InChI is InChI=1S/C20H20Cl3N5O5/c1-2-13(19(31)32)27-5-6-28(20(27)33)14-4-3-11(9-12(14)21)26(7-8-29)18(30)15-16(22)24-10-25-17(15)23/h3-4,9-10,13,29H,2,5-8H2,1H3,(H,31,32). The van der Waals surface area contributed by atoms with Crippen LogP contribution < -0.4 is 9.80 Å². The van der Waals surface area contributed by atoms with Crippen LogP contribution in [0.2, 0.25) is 15.3 Å². The van der Waals surface area contributed by atoms with Gasteiger partial charge in [0, 0.05) is 25.3 Å². The molecule has 1 atom stereocenters. The van der Waals surface area contributed by atoms with Crippen molar-refractivity contribution >= 4 is 64.1 Å². The van der Waals surface area contributed by atoms with Crippen molar-refractivity contribution in [1.82, 2.24) is 14.9 Å². The van der Waals surface area contributed by atoms with E-state index in [1.165, 1.54) is 20.8 Å². The van der Waals surface area contributed by atoms with E-state index in [1.807, 2.05) is 0 Å². The van der Waals surface area contributed by atoms with Gasteiger partial charge in [0.1, 0.15) is 28.2 Å². The number of carboxylic acids is 1. The van der Waals surface area contributed by atoms with Gasteiger partial charge in [0.05, 0.1) is 17.3 Å². The summed E-state index contributed by atoms with van der Waals surface area (Å²) < 4.78 is 0. The van der Waals surface area contributed by atoms with Gasteiger partial charge < -0.3 is 20.0 Å². The molecule has 176 valence electrons. The fourth-order valence-electron chi connectivity index (χ4n) is 3.58. The van der Waals surface area contributed by atoms with Crippen molar-refractivity contribution in [2.24, 2.45) is 0 Å². The Labute approximate surface area is 204 Å². The Morgan fingerprint density at radius 1 is 1.18 bits per heavy atom. The summed E-state index contributed by atoms with van der Waals surface area (Å²) in [5, 5.41) is 18.7. The number of aliphatic carboxylic acids is 1. The first-order chi connectivity index (χ1) is 15.7. The second-order valence-corrected chi connectivity index (χ2v) is 8.16. The van der Waals surface area contributed by atoms with Crippen molar-refractivity contribution in [1.29, 1.82) is 0 Å². The number of aliphatic hydroxyl groups is 1. The van der Waals surface area contributed by atoms with Gasteiger partial charge in [0.2, 0.25) is 0 Å². The highest BCUT2D eigenvalue weighted by Gasteiger charge is 2.37. The minimum Gasteiger partial charge on any atom is -0.480 e. The van der Waals surface area contributed by atoms with Crippen LogP contribution in [0.15, 0.2) is 24.5 Å². The van der Waals surface area contributed by atoms with Crippen molar-refractivity contribution < 1.29 is 24.6 Å². The fraction of sp³-hybridized carbons (Fsp3) is 0.350. The molecule has 2 heterocycles. The topological polar surface area (TPSA) is 127 Å². The van der Waals surface area contributed by atoms with Crippen LogP contribution in [0.1, 0.15) is 23.7 Å². The predicted molar refractivity (Wildman–Crippen MR) is 123 cm³/mol. The molecule has 0 saturated carbocycles. The van der Waals surface area contributed by atoms with E-state index < -0.39 is 23.9 Å². The number of hydrogen-bond donors (Lipinski definition) is 2. The lowest BCUT2D eigenvalue weighted by molar-refractivity contribution is -0.142. The molecule has 1 aromatic carbocycles. The number of nitrogens with zero attached hydrogens (tertiary/aromatic N) is 5. The average molecular weight is 517 g/mol. The molecular formula is C20H20Cl3N5O5. The first kappa shape index (κ1) is 25.0. The third-order valence-electron chi connectivity index (χ3n) is 5.16. The number of carbonyl (C=O) groups excluding carboxylic acids is 2. The van der Waals surface area contributed by atoms with E-state index in [1.54, 1.807) is 19.1 Å². The Hall–Kier alpha value is -2.66. The summed E-state index contributed by atoms with van der Waals surface area (Å²) in [6.07, 6.45) is 1.39. The molecule has 10 nitrogen and oxygen atoms in total. The number of halogens is 3. The Bertz CT molecular complexity index is 1070. The molecule has 33 heavy (non-hydrogen) atoms. The largest absolute Gasteiger partial charge is 0.480 e. The molecule has 1 fully saturated rings. The van der Waals surface area contributed by atoms with Crippen molar-refractivity contribution in [3.05, 3.63) is 45.4 Å². The van der Waals surface area contributed by atoms with Crippen LogP contribution in [-0.2, 0) is 4.79 Å². The third kappa shape index (κ3) is 4.98. The van der Waals surface area contributed by atoms with Gasteiger partial charge in [-0.2, -0.15) is 0 Å². The first-order valence-corrected chi connectivity index (χ1v) is 11.0. The van der Waals surface area contributed by atoms with E-state index in [4.69, 9.17) is 34.8 Å². The predicted octanol–water partition coefficient (Wildman–Crippen LogP) is 3.18. The maximum Gasteiger partial charge on any atom is 0.326 e. The molecule has 0 radical (unpaired) electrons. The summed E-state index contributed by atoms with van der Waals surface area (Å²) in [5.74, 6) is -1.71. The quantitative estimate of drug-likeness (QED) is 0.516. The Morgan fingerprint density at radius 2 is 1.85 bits per heavy atom. The van der Waals surface area contributed by atoms with E-state index in [-0.39, 0.29) is 53.6 Å². The molecule has 0 spiro atoms. The van der Waals surface area contributed by atoms with Crippen LogP contribution in [0.25, 0.3) is 0 Å². The average Bonchev–Trinajstić information content (AvgIpc) is 3.13. The zero-order valence-corrected chi connectivity index (χ0v) is 19.7. The molecule has 1 aliphatic rings. The van der Waals surface area contributed by atoms with Gasteiger partial charge >= 0.3 is 12.0 Å². The van der Waals surface area contributed by atoms with Crippen molar-refractivity contribution in [3.63, 3.8) is 0 Å². The third-order valence-corrected chi connectivity index (χ3v) is 6.04. The number of benzene rings is 1. The summed E-state index contributed by atoms with van der Waals surface area (Å²) in [6.45, 7) is 1.74. The number of aliphatic hydroxyl groups excluding tert-OH is 1. The smallest absolute Gasteiger partial charge is 0.326 e. The van der Waals surface area contributed by atoms with E-state index in [2.05, 4.69) is 9.97 Å². The molecule has 3 amide bonds. The van der Waals surface area contributed by atoms with Crippen LogP contribution in [0, 0.1) is 0 Å². The molecule has 3 rings (SSSR count). The maximum atomic E-state index is 13.1. The van der Waals surface area contributed by atoms with Crippen LogP contribution in [0.3, 0.4) is 0 Å². The maximum absolute atomic E-state index is 13.1. The number of aromatic nitrogens is 2. The van der Waals surface area contributed by atoms with Crippen molar-refractivity contribution in [2.45, 2.75) is 19.4 Å². The normalized spacial score (nSPS) is 14.5. The Morgan fingerprint density at radius 3 is 2.39 bits per heavy atom. The lowest BCUT2D eigenvalue weighted by Crippen LogP contribution is -2.43. The molecule has 1 unspecified atom stereocenters. The summed E-state index contributed by atoms with van der Waals surface area (Å²) in [5.41, 5.74) is 0.557. The molecular weight excluding hydrogens is 497 g/mol. The van der Waals surface area contributed by atoms with Crippen molar-refractivity contribution in [2.75, 3.05) is 36.0 Å². The highest BCUT2D eigenvalue weighted by molar-refractivity contribution is 6.39. The lowest BCUT2D eigenvalue weighted by Gasteiger charge is -2.26. The fourth-order valence-corrected chi connectivity index (χ4v) is 4.33. The molecule has 1 saturated heterocycles. The Balaban J connectivity index is 1.91. The molecule has 0 bridgehead atoms. The molecule has 2 N–H and O–H groups in total.